The summed E-state index contributed by atoms with van der Waals surface area (Å²) in [6, 6.07) is -1.55. The zero-order chi connectivity index (χ0) is 11.3. The number of carbonyl (C=O) groups is 2. The van der Waals surface area contributed by atoms with Crippen LogP contribution in [0.25, 0.3) is 0 Å². The Morgan fingerprint density at radius 3 is 2.00 bits per heavy atom. The van der Waals surface area contributed by atoms with E-state index in [-0.39, 0.29) is 5.92 Å². The first kappa shape index (κ1) is 13.1. The van der Waals surface area contributed by atoms with Crippen molar-refractivity contribution < 1.29 is 14.3 Å². The Morgan fingerprint density at radius 2 is 1.64 bits per heavy atom. The smallest absolute Gasteiger partial charge is 0.330 e. The lowest BCUT2D eigenvalue weighted by Crippen LogP contribution is -2.38. The van der Waals surface area contributed by atoms with Gasteiger partial charge in [-0.05, 0) is 19.3 Å². The first-order chi connectivity index (χ1) is 6.34. The Balaban J connectivity index is 4.02. The zero-order valence-electron chi connectivity index (χ0n) is 8.82. The van der Waals surface area contributed by atoms with Crippen LogP contribution in [0.3, 0.4) is 0 Å². The molecule has 0 radical (unpaired) electrons. The highest BCUT2D eigenvalue weighted by molar-refractivity contribution is 5.90. The molecule has 82 valence electrons. The molecule has 0 saturated carbocycles. The van der Waals surface area contributed by atoms with Crippen LogP contribution in [0.15, 0.2) is 0 Å². The normalized spacial score (nSPS) is 15.0. The van der Waals surface area contributed by atoms with Crippen molar-refractivity contribution in [3.8, 4) is 0 Å². The van der Waals surface area contributed by atoms with Crippen molar-refractivity contribution >= 4 is 11.9 Å². The molecule has 0 bridgehead atoms. The van der Waals surface area contributed by atoms with E-state index in [1.807, 2.05) is 13.8 Å². The number of hydrogen-bond donors (Lipinski definition) is 2. The summed E-state index contributed by atoms with van der Waals surface area (Å²) in [4.78, 5) is 22.1. The van der Waals surface area contributed by atoms with Crippen LogP contribution < -0.4 is 11.5 Å². The van der Waals surface area contributed by atoms with Gasteiger partial charge in [0.2, 0.25) is 0 Å². The summed E-state index contributed by atoms with van der Waals surface area (Å²) in [6.45, 7) is 5.31. The van der Waals surface area contributed by atoms with Crippen LogP contribution in [0.1, 0.15) is 27.2 Å². The highest BCUT2D eigenvalue weighted by Crippen LogP contribution is 2.04. The summed E-state index contributed by atoms with van der Waals surface area (Å²) in [5, 5.41) is 0. The molecule has 0 aromatic heterocycles. The van der Waals surface area contributed by atoms with E-state index in [9.17, 15) is 9.59 Å². The van der Waals surface area contributed by atoms with Crippen molar-refractivity contribution in [3.05, 3.63) is 0 Å². The van der Waals surface area contributed by atoms with E-state index >= 15 is 0 Å². The molecule has 0 aliphatic carbocycles. The molecule has 14 heavy (non-hydrogen) atoms. The lowest BCUT2D eigenvalue weighted by Gasteiger charge is -2.12. The summed E-state index contributed by atoms with van der Waals surface area (Å²) in [5.41, 5.74) is 10.7. The zero-order valence-corrected chi connectivity index (χ0v) is 8.82. The fourth-order valence-electron chi connectivity index (χ4n) is 0.872. The second-order valence-electron chi connectivity index (χ2n) is 3.76. The van der Waals surface area contributed by atoms with E-state index in [0.29, 0.717) is 6.42 Å². The molecule has 2 atom stereocenters. The summed E-state index contributed by atoms with van der Waals surface area (Å²) in [6.07, 6.45) is 0.491. The molecule has 0 amide bonds. The predicted molar refractivity (Wildman–Crippen MR) is 52.2 cm³/mol. The summed E-state index contributed by atoms with van der Waals surface area (Å²) in [7, 11) is 0. The van der Waals surface area contributed by atoms with Gasteiger partial charge in [0.25, 0.3) is 0 Å². The van der Waals surface area contributed by atoms with Crippen molar-refractivity contribution in [1.82, 2.24) is 0 Å². The minimum atomic E-state index is -0.801. The Kier molecular flexibility index (Phi) is 5.34. The predicted octanol–water partition coefficient (Wildman–Crippen LogP) is -0.223. The molecule has 0 saturated heterocycles. The standard InChI is InChI=1S/C9H18N2O3/c1-5(2)4-7(11)9(13)14-8(12)6(3)10/h5-7H,4,10-11H2,1-3H3/t6-,7-/m1/s1. The van der Waals surface area contributed by atoms with Crippen molar-refractivity contribution in [2.24, 2.45) is 17.4 Å². The largest absolute Gasteiger partial charge is 0.391 e. The fourth-order valence-corrected chi connectivity index (χ4v) is 0.872. The van der Waals surface area contributed by atoms with E-state index < -0.39 is 24.0 Å². The second kappa shape index (κ2) is 5.72. The lowest BCUT2D eigenvalue weighted by atomic mass is 10.1. The highest BCUT2D eigenvalue weighted by atomic mass is 16.6. The molecule has 0 rings (SSSR count). The van der Waals surface area contributed by atoms with Gasteiger partial charge in [-0.3, -0.25) is 0 Å². The van der Waals surface area contributed by atoms with E-state index in [4.69, 9.17) is 11.5 Å². The van der Waals surface area contributed by atoms with Crippen molar-refractivity contribution in [1.29, 1.82) is 0 Å². The first-order valence-electron chi connectivity index (χ1n) is 4.61. The number of hydrogen-bond acceptors (Lipinski definition) is 5. The average Bonchev–Trinajstić information content (AvgIpc) is 2.02. The van der Waals surface area contributed by atoms with Gasteiger partial charge in [0.05, 0.1) is 0 Å². The third-order valence-electron chi connectivity index (χ3n) is 1.60. The topological polar surface area (TPSA) is 95.4 Å². The quantitative estimate of drug-likeness (QED) is 0.485. The van der Waals surface area contributed by atoms with Gasteiger partial charge < -0.3 is 16.2 Å². The molecule has 0 aromatic rings. The van der Waals surface area contributed by atoms with E-state index in [2.05, 4.69) is 4.74 Å². The molecular weight excluding hydrogens is 184 g/mol. The van der Waals surface area contributed by atoms with Gasteiger partial charge in [0.15, 0.2) is 0 Å². The van der Waals surface area contributed by atoms with Gasteiger partial charge >= 0.3 is 11.9 Å². The van der Waals surface area contributed by atoms with Crippen LogP contribution in [0.2, 0.25) is 0 Å². The molecule has 0 fully saturated rings. The van der Waals surface area contributed by atoms with Crippen LogP contribution in [0.5, 0.6) is 0 Å². The van der Waals surface area contributed by atoms with E-state index in [1.54, 1.807) is 0 Å². The molecule has 4 N–H and O–H groups in total. The number of carbonyl (C=O) groups excluding carboxylic acids is 2. The van der Waals surface area contributed by atoms with Crippen molar-refractivity contribution in [2.45, 2.75) is 39.3 Å². The SMILES string of the molecule is CC(C)C[C@@H](N)C(=O)OC(=O)[C@@H](C)N. The Labute approximate surface area is 83.8 Å². The summed E-state index contributed by atoms with van der Waals surface area (Å²) >= 11 is 0. The van der Waals surface area contributed by atoms with Gasteiger partial charge in [-0.1, -0.05) is 13.8 Å². The van der Waals surface area contributed by atoms with Gasteiger partial charge in [0, 0.05) is 0 Å². The number of esters is 2. The molecule has 0 spiro atoms. The lowest BCUT2D eigenvalue weighted by molar-refractivity contribution is -0.161. The number of rotatable bonds is 4. The van der Waals surface area contributed by atoms with Crippen molar-refractivity contribution in [3.63, 3.8) is 0 Å². The summed E-state index contributed by atoms with van der Waals surface area (Å²) in [5.74, 6) is -1.17. The number of ether oxygens (including phenoxy) is 1. The highest BCUT2D eigenvalue weighted by Gasteiger charge is 2.21. The Bertz CT molecular complexity index is 214. The molecular formula is C9H18N2O3. The van der Waals surface area contributed by atoms with Crippen LogP contribution in [-0.2, 0) is 14.3 Å². The van der Waals surface area contributed by atoms with Crippen LogP contribution in [0.4, 0.5) is 0 Å². The Hall–Kier alpha value is -0.940. The third kappa shape index (κ3) is 4.94. The van der Waals surface area contributed by atoms with Crippen LogP contribution >= 0.6 is 0 Å². The second-order valence-corrected chi connectivity index (χ2v) is 3.76. The molecule has 5 nitrogen and oxygen atoms in total. The molecule has 0 aromatic carbocycles. The fraction of sp³-hybridized carbons (Fsp3) is 0.778. The maximum atomic E-state index is 11.2. The minimum absolute atomic E-state index is 0.281. The van der Waals surface area contributed by atoms with Crippen LogP contribution in [0, 0.1) is 5.92 Å². The molecule has 5 heteroatoms. The van der Waals surface area contributed by atoms with Crippen LogP contribution in [-0.4, -0.2) is 24.0 Å². The average molecular weight is 202 g/mol. The number of nitrogens with two attached hydrogens (primary N) is 2. The van der Waals surface area contributed by atoms with Gasteiger partial charge in [-0.15, -0.1) is 0 Å². The van der Waals surface area contributed by atoms with Gasteiger partial charge in [-0.2, -0.15) is 0 Å². The Morgan fingerprint density at radius 1 is 1.14 bits per heavy atom. The first-order valence-corrected chi connectivity index (χ1v) is 4.61. The summed E-state index contributed by atoms with van der Waals surface area (Å²) < 4.78 is 4.45. The van der Waals surface area contributed by atoms with Gasteiger partial charge in [0.1, 0.15) is 12.1 Å². The third-order valence-corrected chi connectivity index (χ3v) is 1.60. The monoisotopic (exact) mass is 202 g/mol. The maximum absolute atomic E-state index is 11.2. The molecule has 0 aliphatic heterocycles. The molecule has 0 unspecified atom stereocenters. The maximum Gasteiger partial charge on any atom is 0.330 e. The van der Waals surface area contributed by atoms with Gasteiger partial charge in [-0.25, -0.2) is 9.59 Å². The van der Waals surface area contributed by atoms with E-state index in [1.165, 1.54) is 6.92 Å². The van der Waals surface area contributed by atoms with E-state index in [0.717, 1.165) is 0 Å². The minimum Gasteiger partial charge on any atom is -0.391 e. The molecule has 0 heterocycles. The molecule has 0 aliphatic rings. The van der Waals surface area contributed by atoms with Crippen molar-refractivity contribution in [2.75, 3.05) is 0 Å².